The number of aromatic nitrogens is 1. The maximum absolute atomic E-state index is 13.7. The van der Waals surface area contributed by atoms with Crippen molar-refractivity contribution < 1.29 is 4.79 Å². The van der Waals surface area contributed by atoms with Gasteiger partial charge in [0.05, 0.1) is 20.6 Å². The summed E-state index contributed by atoms with van der Waals surface area (Å²) in [5.74, 6) is 0.426. The van der Waals surface area contributed by atoms with Gasteiger partial charge in [0.2, 0.25) is 5.91 Å². The van der Waals surface area contributed by atoms with E-state index in [0.717, 1.165) is 27.3 Å². The third-order valence-corrected chi connectivity index (χ3v) is 7.85. The van der Waals surface area contributed by atoms with E-state index in [2.05, 4.69) is 71.8 Å². The van der Waals surface area contributed by atoms with E-state index in [9.17, 15) is 4.79 Å². The zero-order valence-corrected chi connectivity index (χ0v) is 17.8. The minimum Gasteiger partial charge on any atom is -0.326 e. The second-order valence-electron chi connectivity index (χ2n) is 8.73. The molecule has 148 valence electrons. The number of anilines is 1. The fraction of sp³-hybridized carbons (Fsp3) is 0.231. The van der Waals surface area contributed by atoms with Gasteiger partial charge >= 0.3 is 0 Å². The summed E-state index contributed by atoms with van der Waals surface area (Å²) in [7, 11) is 0. The van der Waals surface area contributed by atoms with Gasteiger partial charge in [0.15, 0.2) is 0 Å². The quantitative estimate of drug-likeness (QED) is 0.426. The lowest BCUT2D eigenvalue weighted by Gasteiger charge is -2.50. The van der Waals surface area contributed by atoms with Gasteiger partial charge in [0, 0.05) is 17.5 Å². The fourth-order valence-corrected chi connectivity index (χ4v) is 6.39. The molecular weight excluding hydrogens is 388 g/mol. The van der Waals surface area contributed by atoms with E-state index < -0.39 is 5.41 Å². The van der Waals surface area contributed by atoms with Crippen molar-refractivity contribution in [1.29, 1.82) is 0 Å². The summed E-state index contributed by atoms with van der Waals surface area (Å²) >= 11 is 1.68. The molecule has 0 saturated heterocycles. The van der Waals surface area contributed by atoms with E-state index in [1.807, 2.05) is 19.1 Å². The number of nitrogens with one attached hydrogen (secondary N) is 1. The Labute approximate surface area is 179 Å². The van der Waals surface area contributed by atoms with Crippen LogP contribution in [0.2, 0.25) is 0 Å². The van der Waals surface area contributed by atoms with Gasteiger partial charge in [-0.15, -0.1) is 11.3 Å². The molecule has 0 saturated carbocycles. The largest absolute Gasteiger partial charge is 0.326 e. The lowest BCUT2D eigenvalue weighted by Crippen LogP contribution is -2.47. The Bertz CT molecular complexity index is 1280. The molecule has 0 fully saturated rings. The molecule has 1 heterocycles. The number of hydrogen-bond donors (Lipinski definition) is 1. The molecule has 7 rings (SSSR count). The molecule has 1 unspecified atom stereocenters. The highest BCUT2D eigenvalue weighted by atomic mass is 32.1. The van der Waals surface area contributed by atoms with Gasteiger partial charge in [-0.25, -0.2) is 4.98 Å². The molecular formula is C26H22N2OS. The highest BCUT2D eigenvalue weighted by Gasteiger charge is 2.53. The van der Waals surface area contributed by atoms with Crippen molar-refractivity contribution in [3.63, 3.8) is 0 Å². The molecule has 1 atom stereocenters. The van der Waals surface area contributed by atoms with Crippen molar-refractivity contribution in [3.05, 3.63) is 94.0 Å². The smallest absolute Gasteiger partial charge is 0.231 e. The summed E-state index contributed by atoms with van der Waals surface area (Å²) in [6, 6.07) is 23.3. The summed E-state index contributed by atoms with van der Waals surface area (Å²) in [5, 5.41) is 4.27. The number of aryl methyl sites for hydroxylation is 1. The van der Waals surface area contributed by atoms with Crippen LogP contribution in [0.4, 0.5) is 5.69 Å². The molecule has 2 bridgehead atoms. The molecule has 4 heteroatoms. The maximum Gasteiger partial charge on any atom is 0.231 e. The minimum absolute atomic E-state index is 0.0696. The SMILES string of the molecule is Cc1nc2cc(NC(=O)C3(C)CC4c5ccccc5C3c3ccccc34)ccc2s1. The van der Waals surface area contributed by atoms with E-state index in [-0.39, 0.29) is 17.7 Å². The van der Waals surface area contributed by atoms with Crippen LogP contribution >= 0.6 is 11.3 Å². The first-order chi connectivity index (χ1) is 14.5. The van der Waals surface area contributed by atoms with Gasteiger partial charge < -0.3 is 5.32 Å². The fourth-order valence-electron chi connectivity index (χ4n) is 5.58. The van der Waals surface area contributed by atoms with E-state index in [4.69, 9.17) is 0 Å². The first-order valence-corrected chi connectivity index (χ1v) is 11.2. The number of nitrogens with zero attached hydrogens (tertiary/aromatic N) is 1. The molecule has 0 radical (unpaired) electrons. The average molecular weight is 411 g/mol. The van der Waals surface area contributed by atoms with Gasteiger partial charge in [-0.3, -0.25) is 4.79 Å². The molecule has 1 amide bonds. The second kappa shape index (κ2) is 6.26. The first-order valence-electron chi connectivity index (χ1n) is 10.4. The highest BCUT2D eigenvalue weighted by Crippen LogP contribution is 2.61. The predicted molar refractivity (Wildman–Crippen MR) is 122 cm³/mol. The zero-order valence-electron chi connectivity index (χ0n) is 17.0. The topological polar surface area (TPSA) is 42.0 Å². The van der Waals surface area contributed by atoms with Crippen molar-refractivity contribution in [1.82, 2.24) is 4.98 Å². The Morgan fingerprint density at radius 3 is 2.30 bits per heavy atom. The van der Waals surface area contributed by atoms with Crippen molar-refractivity contribution in [2.45, 2.75) is 32.1 Å². The van der Waals surface area contributed by atoms with Gasteiger partial charge in [0.25, 0.3) is 0 Å². The summed E-state index contributed by atoms with van der Waals surface area (Å²) in [5.41, 5.74) is 6.63. The van der Waals surface area contributed by atoms with Crippen LogP contribution in [0.5, 0.6) is 0 Å². The number of benzene rings is 3. The van der Waals surface area contributed by atoms with Crippen LogP contribution in [0.3, 0.4) is 0 Å². The van der Waals surface area contributed by atoms with Gasteiger partial charge in [-0.05, 0) is 60.7 Å². The molecule has 1 N–H and O–H groups in total. The Kier molecular flexibility index (Phi) is 3.72. The standard InChI is InChI=1S/C26H22N2OS/c1-15-27-22-13-16(11-12-23(22)30-15)28-25(29)26(2)14-21-17-7-3-5-9-19(17)24(26)20-10-6-4-8-18(20)21/h3-13,21,24H,14H2,1-2H3,(H,28,29). The number of hydrogen-bond acceptors (Lipinski definition) is 3. The Balaban J connectivity index is 1.42. The monoisotopic (exact) mass is 410 g/mol. The molecule has 3 aliphatic carbocycles. The number of carbonyl (C=O) groups is 1. The molecule has 3 aliphatic rings. The molecule has 0 aliphatic heterocycles. The lowest BCUT2D eigenvalue weighted by atomic mass is 9.52. The highest BCUT2D eigenvalue weighted by molar-refractivity contribution is 7.18. The summed E-state index contributed by atoms with van der Waals surface area (Å²) in [6.07, 6.45) is 0.829. The van der Waals surface area contributed by atoms with E-state index in [1.54, 1.807) is 11.3 Å². The zero-order chi connectivity index (χ0) is 20.5. The van der Waals surface area contributed by atoms with Crippen molar-refractivity contribution in [2.75, 3.05) is 5.32 Å². The lowest BCUT2D eigenvalue weighted by molar-refractivity contribution is -0.126. The third kappa shape index (κ3) is 2.43. The van der Waals surface area contributed by atoms with Crippen LogP contribution < -0.4 is 5.32 Å². The second-order valence-corrected chi connectivity index (χ2v) is 9.97. The van der Waals surface area contributed by atoms with E-state index in [1.165, 1.54) is 22.3 Å². The van der Waals surface area contributed by atoms with E-state index in [0.29, 0.717) is 0 Å². The summed E-state index contributed by atoms with van der Waals surface area (Å²) in [4.78, 5) is 18.3. The van der Waals surface area contributed by atoms with Crippen molar-refractivity contribution in [2.24, 2.45) is 5.41 Å². The average Bonchev–Trinajstić information content (AvgIpc) is 3.13. The summed E-state index contributed by atoms with van der Waals surface area (Å²) in [6.45, 7) is 4.15. The molecule has 4 aromatic rings. The predicted octanol–water partition coefficient (Wildman–Crippen LogP) is 6.23. The first kappa shape index (κ1) is 17.8. The van der Waals surface area contributed by atoms with Crippen LogP contribution in [0, 0.1) is 12.3 Å². The normalized spacial score (nSPS) is 23.8. The molecule has 3 nitrogen and oxygen atoms in total. The Morgan fingerprint density at radius 1 is 1.00 bits per heavy atom. The molecule has 1 aromatic heterocycles. The van der Waals surface area contributed by atoms with E-state index >= 15 is 0 Å². The third-order valence-electron chi connectivity index (χ3n) is 6.90. The van der Waals surface area contributed by atoms with Crippen LogP contribution in [0.15, 0.2) is 66.7 Å². The Morgan fingerprint density at radius 2 is 1.63 bits per heavy atom. The van der Waals surface area contributed by atoms with Gasteiger partial charge in [0.1, 0.15) is 0 Å². The van der Waals surface area contributed by atoms with Crippen molar-refractivity contribution >= 4 is 33.1 Å². The van der Waals surface area contributed by atoms with Crippen LogP contribution in [-0.4, -0.2) is 10.9 Å². The molecule has 3 aromatic carbocycles. The van der Waals surface area contributed by atoms with Crippen LogP contribution in [-0.2, 0) is 4.79 Å². The minimum atomic E-state index is -0.500. The number of carbonyl (C=O) groups excluding carboxylic acids is 1. The van der Waals surface area contributed by atoms with Crippen molar-refractivity contribution in [3.8, 4) is 0 Å². The number of thiazole rings is 1. The summed E-state index contributed by atoms with van der Waals surface area (Å²) < 4.78 is 1.15. The maximum atomic E-state index is 13.7. The number of rotatable bonds is 2. The van der Waals surface area contributed by atoms with Crippen LogP contribution in [0.1, 0.15) is 52.4 Å². The number of amides is 1. The number of fused-ring (bicyclic) bond motifs is 2. The Hall–Kier alpha value is -2.98. The molecule has 30 heavy (non-hydrogen) atoms. The van der Waals surface area contributed by atoms with Crippen LogP contribution in [0.25, 0.3) is 10.2 Å². The molecule has 0 spiro atoms. The van der Waals surface area contributed by atoms with Gasteiger partial charge in [-0.2, -0.15) is 0 Å². The van der Waals surface area contributed by atoms with Gasteiger partial charge in [-0.1, -0.05) is 48.5 Å².